The number of thiophene rings is 1. The first-order valence-corrected chi connectivity index (χ1v) is 14.2. The van der Waals surface area contributed by atoms with Crippen molar-refractivity contribution < 1.29 is 31.3 Å². The standard InChI is InChI=1S/C28H39N5O3S.2ClH/c1-22-21-37-27(28(36)32-14-12-31(2)13-15-32)26(22)30-25(35)20-33(16-8-3-4-9-17-33)19-24(34)29-18-23-10-6-5-7-11-23;;/h5-7,10-11,21H,3-4,8-9,12-20H2,1-2H3,(H-,29,30,34,35,36);2*1H. The van der Waals surface area contributed by atoms with E-state index in [4.69, 9.17) is 0 Å². The highest BCUT2D eigenvalue weighted by molar-refractivity contribution is 7.13. The number of likely N-dealkylation sites (tertiary alicyclic amines) is 1. The lowest BCUT2D eigenvalue weighted by atomic mass is 10.2. The number of carbonyl (C=O) groups is 3. The fraction of sp³-hybridized carbons (Fsp3) is 0.536. The molecule has 0 aliphatic carbocycles. The predicted molar refractivity (Wildman–Crippen MR) is 155 cm³/mol. The van der Waals surface area contributed by atoms with Gasteiger partial charge in [-0.15, -0.1) is 23.7 Å². The van der Waals surface area contributed by atoms with Crippen LogP contribution in [0.25, 0.3) is 0 Å². The molecule has 0 spiro atoms. The first-order valence-electron chi connectivity index (χ1n) is 13.4. The summed E-state index contributed by atoms with van der Waals surface area (Å²) in [7, 11) is 2.06. The number of hydrogen-bond acceptors (Lipinski definition) is 5. The Morgan fingerprint density at radius 2 is 1.54 bits per heavy atom. The molecule has 3 amide bonds. The molecule has 0 unspecified atom stereocenters. The van der Waals surface area contributed by atoms with E-state index in [2.05, 4.69) is 22.6 Å². The Hall–Kier alpha value is -2.17. The Labute approximate surface area is 248 Å². The summed E-state index contributed by atoms with van der Waals surface area (Å²) in [6, 6.07) is 9.87. The van der Waals surface area contributed by atoms with Crippen LogP contribution in [0.1, 0.15) is 46.5 Å². The predicted octanol–water partition coefficient (Wildman–Crippen LogP) is 0.516. The highest BCUT2D eigenvalue weighted by atomic mass is 35.5. The quantitative estimate of drug-likeness (QED) is 0.435. The summed E-state index contributed by atoms with van der Waals surface area (Å²) < 4.78 is 0.456. The Bertz CT molecular complexity index is 1080. The summed E-state index contributed by atoms with van der Waals surface area (Å²) in [6.07, 6.45) is 4.26. The average molecular weight is 599 g/mol. The number of likely N-dealkylation sites (N-methyl/N-ethyl adjacent to an activating group) is 1. The van der Waals surface area contributed by atoms with E-state index in [0.717, 1.165) is 63.0 Å². The smallest absolute Gasteiger partial charge is 0.279 e. The van der Waals surface area contributed by atoms with Gasteiger partial charge in [0.15, 0.2) is 13.1 Å². The van der Waals surface area contributed by atoms with E-state index in [0.29, 0.717) is 34.7 Å². The summed E-state index contributed by atoms with van der Waals surface area (Å²) in [6.45, 7) is 7.64. The number of hydrogen-bond donors (Lipinski definition) is 2. The molecular weight excluding hydrogens is 557 g/mol. The first-order chi connectivity index (χ1) is 17.8. The zero-order valence-corrected chi connectivity index (χ0v) is 25.3. The molecule has 3 heterocycles. The number of amides is 3. The fourth-order valence-corrected chi connectivity index (χ4v) is 6.25. The molecule has 2 fully saturated rings. The lowest BCUT2D eigenvalue weighted by molar-refractivity contribution is -0.912. The van der Waals surface area contributed by atoms with Crippen molar-refractivity contribution in [1.82, 2.24) is 15.1 Å². The van der Waals surface area contributed by atoms with Crippen LogP contribution in [0.2, 0.25) is 0 Å². The highest BCUT2D eigenvalue weighted by Gasteiger charge is 2.35. The number of anilines is 1. The van der Waals surface area contributed by atoms with Crippen molar-refractivity contribution in [2.24, 2.45) is 0 Å². The summed E-state index contributed by atoms with van der Waals surface area (Å²) >= 11 is 1.40. The Kier molecular flexibility index (Phi) is 13.2. The molecule has 2 N–H and O–H groups in total. The second-order valence-electron chi connectivity index (χ2n) is 10.5. The second-order valence-corrected chi connectivity index (χ2v) is 11.4. The van der Waals surface area contributed by atoms with Gasteiger partial charge in [0.2, 0.25) is 0 Å². The maximum atomic E-state index is 13.4. The monoisotopic (exact) mass is 597 g/mol. The third-order valence-electron chi connectivity index (χ3n) is 7.53. The van der Waals surface area contributed by atoms with Crippen LogP contribution in [0.15, 0.2) is 35.7 Å². The van der Waals surface area contributed by atoms with Gasteiger partial charge in [-0.1, -0.05) is 30.3 Å². The van der Waals surface area contributed by atoms with E-state index >= 15 is 0 Å². The largest absolute Gasteiger partial charge is 1.00 e. The third-order valence-corrected chi connectivity index (χ3v) is 8.62. The Balaban J connectivity index is 0.00000267. The number of quaternary nitrogens is 1. The van der Waals surface area contributed by atoms with Crippen molar-refractivity contribution in [2.75, 3.05) is 64.7 Å². The minimum absolute atomic E-state index is 0. The zero-order valence-electron chi connectivity index (χ0n) is 22.9. The molecule has 2 aromatic rings. The maximum absolute atomic E-state index is 13.4. The zero-order chi connectivity index (χ0) is 26.3. The SMILES string of the molecule is Cc1csc(C(=O)N2CCN(C)CC2)c1NC(=O)C[N+]1(CC(=O)NCc2ccccc2)CCCCCC1.Cl.[Cl-]. The lowest BCUT2D eigenvalue weighted by Crippen LogP contribution is -3.00. The molecular formula is C28H41Cl2N5O3S. The number of piperazine rings is 1. The van der Waals surface area contributed by atoms with Crippen molar-refractivity contribution >= 4 is 47.2 Å². The van der Waals surface area contributed by atoms with E-state index in [1.165, 1.54) is 11.3 Å². The van der Waals surface area contributed by atoms with E-state index in [1.54, 1.807) is 0 Å². The van der Waals surface area contributed by atoms with Crippen LogP contribution in [0.4, 0.5) is 5.69 Å². The minimum atomic E-state index is -0.133. The number of carbonyl (C=O) groups excluding carboxylic acids is 3. The van der Waals surface area contributed by atoms with Gasteiger partial charge >= 0.3 is 0 Å². The van der Waals surface area contributed by atoms with Crippen LogP contribution < -0.4 is 23.0 Å². The van der Waals surface area contributed by atoms with Crippen molar-refractivity contribution in [3.8, 4) is 0 Å². The molecule has 2 saturated heterocycles. The van der Waals surface area contributed by atoms with E-state index in [9.17, 15) is 14.4 Å². The molecule has 4 rings (SSSR count). The van der Waals surface area contributed by atoms with Crippen LogP contribution >= 0.6 is 23.7 Å². The number of benzene rings is 1. The van der Waals surface area contributed by atoms with Gasteiger partial charge < -0.3 is 37.3 Å². The van der Waals surface area contributed by atoms with Gasteiger partial charge in [0, 0.05) is 32.7 Å². The summed E-state index contributed by atoms with van der Waals surface area (Å²) in [4.78, 5) is 44.4. The normalized spacial score (nSPS) is 17.2. The van der Waals surface area contributed by atoms with Gasteiger partial charge in [-0.2, -0.15) is 0 Å². The Morgan fingerprint density at radius 3 is 2.18 bits per heavy atom. The van der Waals surface area contributed by atoms with Crippen LogP contribution in [-0.2, 0) is 16.1 Å². The molecule has 11 heteroatoms. The minimum Gasteiger partial charge on any atom is -1.00 e. The lowest BCUT2D eigenvalue weighted by Gasteiger charge is -2.36. The molecule has 1 aromatic carbocycles. The average Bonchev–Trinajstić information content (AvgIpc) is 3.09. The number of nitrogens with one attached hydrogen (secondary N) is 2. The summed E-state index contributed by atoms with van der Waals surface area (Å²) in [5, 5.41) is 8.06. The van der Waals surface area contributed by atoms with E-state index < -0.39 is 0 Å². The van der Waals surface area contributed by atoms with Crippen LogP contribution in [0.3, 0.4) is 0 Å². The van der Waals surface area contributed by atoms with Gasteiger partial charge in [0.25, 0.3) is 17.7 Å². The van der Waals surface area contributed by atoms with Crippen LogP contribution in [-0.4, -0.2) is 91.4 Å². The van der Waals surface area contributed by atoms with Crippen molar-refractivity contribution in [3.05, 3.63) is 51.7 Å². The van der Waals surface area contributed by atoms with E-state index in [1.807, 2.05) is 47.5 Å². The van der Waals surface area contributed by atoms with E-state index in [-0.39, 0.29) is 55.6 Å². The Morgan fingerprint density at radius 1 is 0.923 bits per heavy atom. The second kappa shape index (κ2) is 15.6. The molecule has 0 saturated carbocycles. The molecule has 0 bridgehead atoms. The highest BCUT2D eigenvalue weighted by Crippen LogP contribution is 2.30. The first kappa shape index (κ1) is 33.0. The molecule has 216 valence electrons. The summed E-state index contributed by atoms with van der Waals surface area (Å²) in [5.74, 6) is -0.177. The van der Waals surface area contributed by atoms with Gasteiger partial charge in [-0.25, -0.2) is 0 Å². The van der Waals surface area contributed by atoms with Gasteiger partial charge in [0.1, 0.15) is 4.88 Å². The van der Waals surface area contributed by atoms with Crippen LogP contribution in [0.5, 0.6) is 0 Å². The molecule has 2 aliphatic heterocycles. The molecule has 1 aromatic heterocycles. The molecule has 0 radical (unpaired) electrons. The van der Waals surface area contributed by atoms with Crippen molar-refractivity contribution in [3.63, 3.8) is 0 Å². The van der Waals surface area contributed by atoms with Gasteiger partial charge in [-0.3, -0.25) is 14.4 Å². The summed E-state index contributed by atoms with van der Waals surface area (Å²) in [5.41, 5.74) is 2.58. The van der Waals surface area contributed by atoms with Gasteiger partial charge in [-0.05, 0) is 56.2 Å². The van der Waals surface area contributed by atoms with Crippen molar-refractivity contribution in [1.29, 1.82) is 0 Å². The number of halogens is 2. The fourth-order valence-electron chi connectivity index (χ4n) is 5.28. The maximum Gasteiger partial charge on any atom is 0.279 e. The molecule has 0 atom stereocenters. The molecule has 8 nitrogen and oxygen atoms in total. The third kappa shape index (κ3) is 9.18. The number of aryl methyl sites for hydroxylation is 1. The topological polar surface area (TPSA) is 81.8 Å². The number of rotatable bonds is 8. The molecule has 39 heavy (non-hydrogen) atoms. The van der Waals surface area contributed by atoms with Gasteiger partial charge in [0.05, 0.1) is 18.8 Å². The van der Waals surface area contributed by atoms with Crippen molar-refractivity contribution in [2.45, 2.75) is 39.2 Å². The molecule has 2 aliphatic rings. The van der Waals surface area contributed by atoms with Crippen LogP contribution in [0, 0.1) is 6.92 Å². The number of nitrogens with zero attached hydrogens (tertiary/aromatic N) is 3.